The molecule has 0 aliphatic carbocycles. The van der Waals surface area contributed by atoms with Gasteiger partial charge in [0.2, 0.25) is 5.91 Å². The Hall–Kier alpha value is -1.51. The molecule has 0 fully saturated rings. The van der Waals surface area contributed by atoms with Crippen LogP contribution < -0.4 is 10.2 Å². The smallest absolute Gasteiger partial charge is 0.221 e. The van der Waals surface area contributed by atoms with E-state index in [1.165, 1.54) is 11.3 Å². The second kappa shape index (κ2) is 5.21. The molecule has 0 saturated heterocycles. The number of fused-ring (bicyclic) bond motifs is 1. The number of amides is 1. The van der Waals surface area contributed by atoms with E-state index >= 15 is 0 Å². The molecule has 1 N–H and O–H groups in total. The van der Waals surface area contributed by atoms with Crippen LogP contribution >= 0.6 is 0 Å². The number of hydrogen-bond acceptors (Lipinski definition) is 2. The fourth-order valence-corrected chi connectivity index (χ4v) is 2.27. The third-order valence-corrected chi connectivity index (χ3v) is 3.04. The van der Waals surface area contributed by atoms with E-state index in [0.717, 1.165) is 19.5 Å². The molecule has 0 radical (unpaired) electrons. The summed E-state index contributed by atoms with van der Waals surface area (Å²) in [5, 5.41) is 2.93. The molecule has 0 atom stereocenters. The first-order valence-corrected chi connectivity index (χ1v) is 6.29. The third kappa shape index (κ3) is 2.99. The van der Waals surface area contributed by atoms with Crippen molar-refractivity contribution >= 4 is 11.6 Å². The van der Waals surface area contributed by atoms with Crippen LogP contribution in [0.5, 0.6) is 0 Å². The summed E-state index contributed by atoms with van der Waals surface area (Å²) in [6.45, 7) is 5.83. The Kier molecular flexibility index (Phi) is 3.67. The van der Waals surface area contributed by atoms with E-state index in [1.807, 2.05) is 13.8 Å². The van der Waals surface area contributed by atoms with Gasteiger partial charge in [-0.25, -0.2) is 0 Å². The molecule has 0 bridgehead atoms. The summed E-state index contributed by atoms with van der Waals surface area (Å²) in [6.07, 6.45) is 1.68. The van der Waals surface area contributed by atoms with Gasteiger partial charge in [-0.15, -0.1) is 0 Å². The Morgan fingerprint density at radius 2 is 2.18 bits per heavy atom. The molecule has 0 saturated carbocycles. The number of rotatable bonds is 4. The highest BCUT2D eigenvalue weighted by atomic mass is 16.1. The van der Waals surface area contributed by atoms with Gasteiger partial charge in [-0.3, -0.25) is 4.79 Å². The van der Waals surface area contributed by atoms with E-state index in [0.29, 0.717) is 6.42 Å². The Morgan fingerprint density at radius 3 is 2.94 bits per heavy atom. The maximum atomic E-state index is 11.6. The van der Waals surface area contributed by atoms with Gasteiger partial charge in [0.1, 0.15) is 0 Å². The SMILES string of the molecule is CC(C)NC(=O)CCN1CCc2ccccc21. The molecule has 2 rings (SSSR count). The molecule has 0 spiro atoms. The fraction of sp³-hybridized carbons (Fsp3) is 0.500. The minimum atomic E-state index is 0.143. The van der Waals surface area contributed by atoms with E-state index in [4.69, 9.17) is 0 Å². The van der Waals surface area contributed by atoms with Crippen molar-refractivity contribution in [2.45, 2.75) is 32.7 Å². The molecule has 92 valence electrons. The fourth-order valence-electron chi connectivity index (χ4n) is 2.27. The monoisotopic (exact) mass is 232 g/mol. The highest BCUT2D eigenvalue weighted by Gasteiger charge is 2.18. The molecular weight excluding hydrogens is 212 g/mol. The first kappa shape index (κ1) is 12.0. The lowest BCUT2D eigenvalue weighted by molar-refractivity contribution is -0.121. The van der Waals surface area contributed by atoms with Crippen LogP contribution in [0.25, 0.3) is 0 Å². The predicted octanol–water partition coefficient (Wildman–Crippen LogP) is 1.96. The summed E-state index contributed by atoms with van der Waals surface area (Å²) in [4.78, 5) is 13.9. The Bertz CT molecular complexity index is 401. The van der Waals surface area contributed by atoms with Gasteiger partial charge in [0, 0.05) is 31.2 Å². The molecule has 0 unspecified atom stereocenters. The van der Waals surface area contributed by atoms with Crippen molar-refractivity contribution in [2.24, 2.45) is 0 Å². The van der Waals surface area contributed by atoms with Crippen LogP contribution in [0.2, 0.25) is 0 Å². The van der Waals surface area contributed by atoms with Gasteiger partial charge in [0.25, 0.3) is 0 Å². The lowest BCUT2D eigenvalue weighted by atomic mass is 10.2. The maximum Gasteiger partial charge on any atom is 0.221 e. The minimum absolute atomic E-state index is 0.143. The first-order chi connectivity index (χ1) is 8.16. The second-order valence-corrected chi connectivity index (χ2v) is 4.84. The largest absolute Gasteiger partial charge is 0.370 e. The van der Waals surface area contributed by atoms with Crippen molar-refractivity contribution in [3.05, 3.63) is 29.8 Å². The number of para-hydroxylation sites is 1. The van der Waals surface area contributed by atoms with Gasteiger partial charge in [0.05, 0.1) is 0 Å². The van der Waals surface area contributed by atoms with Crippen LogP contribution in [-0.4, -0.2) is 25.0 Å². The molecule has 0 aromatic heterocycles. The van der Waals surface area contributed by atoms with Crippen molar-refractivity contribution in [3.8, 4) is 0 Å². The number of carbonyl (C=O) groups excluding carboxylic acids is 1. The van der Waals surface area contributed by atoms with E-state index in [-0.39, 0.29) is 11.9 Å². The normalized spacial score (nSPS) is 13.9. The van der Waals surface area contributed by atoms with E-state index in [9.17, 15) is 4.79 Å². The quantitative estimate of drug-likeness (QED) is 0.860. The van der Waals surface area contributed by atoms with Crippen molar-refractivity contribution in [2.75, 3.05) is 18.0 Å². The molecule has 17 heavy (non-hydrogen) atoms. The highest BCUT2D eigenvalue weighted by molar-refractivity contribution is 5.77. The molecule has 1 heterocycles. The molecule has 3 heteroatoms. The zero-order valence-electron chi connectivity index (χ0n) is 10.6. The summed E-state index contributed by atoms with van der Waals surface area (Å²) in [7, 11) is 0. The van der Waals surface area contributed by atoms with E-state index < -0.39 is 0 Å². The maximum absolute atomic E-state index is 11.6. The second-order valence-electron chi connectivity index (χ2n) is 4.84. The molecule has 1 aromatic rings. The standard InChI is InChI=1S/C14H20N2O/c1-11(2)15-14(17)8-10-16-9-7-12-5-3-4-6-13(12)16/h3-6,11H,7-10H2,1-2H3,(H,15,17). The summed E-state index contributed by atoms with van der Waals surface area (Å²) >= 11 is 0. The van der Waals surface area contributed by atoms with Gasteiger partial charge >= 0.3 is 0 Å². The Labute approximate surface area is 103 Å². The summed E-state index contributed by atoms with van der Waals surface area (Å²) in [5.41, 5.74) is 2.70. The van der Waals surface area contributed by atoms with Crippen molar-refractivity contribution < 1.29 is 4.79 Å². The molecule has 1 aliphatic heterocycles. The summed E-state index contributed by atoms with van der Waals surface area (Å²) in [5.74, 6) is 0.143. The zero-order chi connectivity index (χ0) is 12.3. The summed E-state index contributed by atoms with van der Waals surface area (Å²) < 4.78 is 0. The Morgan fingerprint density at radius 1 is 1.41 bits per heavy atom. The van der Waals surface area contributed by atoms with Crippen LogP contribution in [0.15, 0.2) is 24.3 Å². The predicted molar refractivity (Wildman–Crippen MR) is 70.3 cm³/mol. The van der Waals surface area contributed by atoms with Crippen LogP contribution in [0, 0.1) is 0 Å². The van der Waals surface area contributed by atoms with Crippen LogP contribution in [0.1, 0.15) is 25.8 Å². The van der Waals surface area contributed by atoms with Crippen LogP contribution in [-0.2, 0) is 11.2 Å². The van der Waals surface area contributed by atoms with Gasteiger partial charge in [-0.2, -0.15) is 0 Å². The molecule has 1 aromatic carbocycles. The van der Waals surface area contributed by atoms with Crippen molar-refractivity contribution in [3.63, 3.8) is 0 Å². The van der Waals surface area contributed by atoms with Crippen LogP contribution in [0.3, 0.4) is 0 Å². The van der Waals surface area contributed by atoms with Crippen molar-refractivity contribution in [1.29, 1.82) is 0 Å². The number of hydrogen-bond donors (Lipinski definition) is 1. The topological polar surface area (TPSA) is 32.3 Å². The summed E-state index contributed by atoms with van der Waals surface area (Å²) in [6, 6.07) is 8.68. The number of nitrogens with one attached hydrogen (secondary N) is 1. The minimum Gasteiger partial charge on any atom is -0.370 e. The number of anilines is 1. The number of carbonyl (C=O) groups is 1. The van der Waals surface area contributed by atoms with Crippen molar-refractivity contribution in [1.82, 2.24) is 5.32 Å². The lowest BCUT2D eigenvalue weighted by Gasteiger charge is -2.19. The number of nitrogens with zero attached hydrogens (tertiary/aromatic N) is 1. The van der Waals surface area contributed by atoms with E-state index in [1.54, 1.807) is 0 Å². The molecule has 3 nitrogen and oxygen atoms in total. The highest BCUT2D eigenvalue weighted by Crippen LogP contribution is 2.27. The van der Waals surface area contributed by atoms with Gasteiger partial charge in [-0.05, 0) is 31.9 Å². The Balaban J connectivity index is 1.88. The molecular formula is C14H20N2O. The zero-order valence-corrected chi connectivity index (χ0v) is 10.6. The van der Waals surface area contributed by atoms with Gasteiger partial charge in [0.15, 0.2) is 0 Å². The number of benzene rings is 1. The van der Waals surface area contributed by atoms with Gasteiger partial charge < -0.3 is 10.2 Å². The lowest BCUT2D eigenvalue weighted by Crippen LogP contribution is -2.33. The third-order valence-electron chi connectivity index (χ3n) is 3.04. The average Bonchev–Trinajstić information content (AvgIpc) is 2.69. The molecule has 1 aliphatic rings. The average molecular weight is 232 g/mol. The first-order valence-electron chi connectivity index (χ1n) is 6.29. The van der Waals surface area contributed by atoms with E-state index in [2.05, 4.69) is 34.5 Å². The van der Waals surface area contributed by atoms with Gasteiger partial charge in [-0.1, -0.05) is 18.2 Å². The molecule has 1 amide bonds. The van der Waals surface area contributed by atoms with Crippen LogP contribution in [0.4, 0.5) is 5.69 Å².